The van der Waals surface area contributed by atoms with E-state index >= 15 is 0 Å². The van der Waals surface area contributed by atoms with Gasteiger partial charge in [0.2, 0.25) is 0 Å². The van der Waals surface area contributed by atoms with E-state index in [1.807, 2.05) is 60.7 Å². The van der Waals surface area contributed by atoms with Gasteiger partial charge in [0.25, 0.3) is 0 Å². The second-order valence-electron chi connectivity index (χ2n) is 5.88. The molecule has 0 heterocycles. The van der Waals surface area contributed by atoms with Crippen molar-refractivity contribution in [3.05, 3.63) is 101 Å². The van der Waals surface area contributed by atoms with E-state index in [9.17, 15) is 15.2 Å². The van der Waals surface area contributed by atoms with Gasteiger partial charge in [-0.3, -0.25) is 0 Å². The van der Waals surface area contributed by atoms with E-state index in [2.05, 4.69) is 6.07 Å². The predicted octanol–water partition coefficient (Wildman–Crippen LogP) is 3.69. The molecular weight excluding hydrogens is 338 g/mol. The molecule has 0 N–H and O–H groups in total. The normalized spacial score (nSPS) is 10.9. The highest BCUT2D eigenvalue weighted by molar-refractivity contribution is 5.89. The van der Waals surface area contributed by atoms with Gasteiger partial charge in [0.15, 0.2) is 0 Å². The Bertz CT molecular complexity index is 1000. The number of hydrogen-bond acceptors (Lipinski definition) is 4. The van der Waals surface area contributed by atoms with E-state index < -0.39 is 5.97 Å². The Morgan fingerprint density at radius 1 is 0.963 bits per heavy atom. The molecule has 0 unspecified atom stereocenters. The lowest BCUT2D eigenvalue weighted by molar-refractivity contribution is -0.255. The third-order valence-corrected chi connectivity index (χ3v) is 3.96. The first-order chi connectivity index (χ1) is 13.2. The van der Waals surface area contributed by atoms with Crippen LogP contribution in [0.15, 0.2) is 78.9 Å². The van der Waals surface area contributed by atoms with Crippen molar-refractivity contribution < 1.29 is 14.6 Å². The van der Waals surface area contributed by atoms with Gasteiger partial charge in [-0.05, 0) is 46.5 Å². The predicted molar refractivity (Wildman–Crippen MR) is 101 cm³/mol. The summed E-state index contributed by atoms with van der Waals surface area (Å²) in [4.78, 5) is 10.9. The zero-order valence-corrected chi connectivity index (χ0v) is 14.5. The highest BCUT2D eigenvalue weighted by Crippen LogP contribution is 2.20. The zero-order chi connectivity index (χ0) is 19.1. The molecule has 3 rings (SSSR count). The van der Waals surface area contributed by atoms with Crippen molar-refractivity contribution in [2.45, 2.75) is 6.61 Å². The molecule has 3 aromatic carbocycles. The number of ether oxygens (including phenoxy) is 1. The summed E-state index contributed by atoms with van der Waals surface area (Å²) in [6.07, 6.45) is 1.82. The molecule has 0 spiro atoms. The standard InChI is InChI=1S/C23H17NO3/c24-15-21(19-6-2-1-3-7-19)13-17-9-11-22(12-10-17)27-16-18-5-4-8-20(14-18)23(25)26/h1-14H,16H2,(H,25,26)/p-1/b21-13+. The molecule has 4 nitrogen and oxygen atoms in total. The van der Waals surface area contributed by atoms with Crippen LogP contribution >= 0.6 is 0 Å². The molecule has 132 valence electrons. The number of carboxylic acid groups (broad SMARTS) is 1. The fourth-order valence-electron chi connectivity index (χ4n) is 2.58. The van der Waals surface area contributed by atoms with Crippen LogP contribution in [0.3, 0.4) is 0 Å². The molecule has 0 aliphatic carbocycles. The SMILES string of the molecule is N#C/C(=C\c1ccc(OCc2cccc(C(=O)[O-])c2)cc1)c1ccccc1. The molecule has 4 heteroatoms. The third-order valence-electron chi connectivity index (χ3n) is 3.96. The first kappa shape index (κ1) is 18.0. The summed E-state index contributed by atoms with van der Waals surface area (Å²) in [5, 5.41) is 20.3. The number of hydrogen-bond donors (Lipinski definition) is 0. The van der Waals surface area contributed by atoms with Crippen molar-refractivity contribution in [1.29, 1.82) is 5.26 Å². The molecule has 27 heavy (non-hydrogen) atoms. The van der Waals surface area contributed by atoms with Gasteiger partial charge >= 0.3 is 0 Å². The fourth-order valence-corrected chi connectivity index (χ4v) is 2.58. The van der Waals surface area contributed by atoms with Crippen LogP contribution < -0.4 is 9.84 Å². The molecule has 0 amide bonds. The molecule has 0 radical (unpaired) electrons. The Balaban J connectivity index is 1.69. The molecule has 0 aliphatic heterocycles. The summed E-state index contributed by atoms with van der Waals surface area (Å²) in [6, 6.07) is 25.5. The summed E-state index contributed by atoms with van der Waals surface area (Å²) in [6.45, 7) is 0.254. The van der Waals surface area contributed by atoms with Crippen molar-refractivity contribution in [1.82, 2.24) is 0 Å². The lowest BCUT2D eigenvalue weighted by Gasteiger charge is -2.09. The molecule has 0 bridgehead atoms. The number of carboxylic acids is 1. The zero-order valence-electron chi connectivity index (χ0n) is 14.5. The Labute approximate surface area is 157 Å². The van der Waals surface area contributed by atoms with Crippen LogP contribution in [-0.2, 0) is 6.61 Å². The largest absolute Gasteiger partial charge is 0.545 e. The van der Waals surface area contributed by atoms with Gasteiger partial charge in [-0.2, -0.15) is 5.26 Å². The van der Waals surface area contributed by atoms with Crippen molar-refractivity contribution >= 4 is 17.6 Å². The highest BCUT2D eigenvalue weighted by atomic mass is 16.5. The minimum Gasteiger partial charge on any atom is -0.545 e. The number of aromatic carboxylic acids is 1. The third kappa shape index (κ3) is 4.83. The molecule has 3 aromatic rings. The number of carbonyl (C=O) groups excluding carboxylic acids is 1. The number of rotatable bonds is 6. The van der Waals surface area contributed by atoms with E-state index in [-0.39, 0.29) is 12.2 Å². The van der Waals surface area contributed by atoms with Crippen LogP contribution in [0, 0.1) is 11.3 Å². The van der Waals surface area contributed by atoms with Gasteiger partial charge in [-0.1, -0.05) is 60.7 Å². The van der Waals surface area contributed by atoms with Crippen molar-refractivity contribution in [3.8, 4) is 11.8 Å². The Hall–Kier alpha value is -3.84. The lowest BCUT2D eigenvalue weighted by Crippen LogP contribution is -2.22. The fraction of sp³-hybridized carbons (Fsp3) is 0.0435. The number of nitriles is 1. The molecule has 0 atom stereocenters. The second-order valence-corrected chi connectivity index (χ2v) is 5.88. The van der Waals surface area contributed by atoms with Crippen LogP contribution in [-0.4, -0.2) is 5.97 Å². The van der Waals surface area contributed by atoms with E-state index in [4.69, 9.17) is 4.74 Å². The van der Waals surface area contributed by atoms with Crippen LogP contribution in [0.4, 0.5) is 0 Å². The van der Waals surface area contributed by atoms with Crippen LogP contribution in [0.5, 0.6) is 5.75 Å². The van der Waals surface area contributed by atoms with Crippen LogP contribution in [0.2, 0.25) is 0 Å². The Morgan fingerprint density at radius 3 is 2.33 bits per heavy atom. The molecule has 0 aromatic heterocycles. The lowest BCUT2D eigenvalue weighted by atomic mass is 10.0. The van der Waals surface area contributed by atoms with E-state index in [0.29, 0.717) is 11.3 Å². The van der Waals surface area contributed by atoms with Gasteiger partial charge in [-0.15, -0.1) is 0 Å². The summed E-state index contributed by atoms with van der Waals surface area (Å²) in [5.74, 6) is -0.552. The summed E-state index contributed by atoms with van der Waals surface area (Å²) >= 11 is 0. The quantitative estimate of drug-likeness (QED) is 0.500. The average Bonchev–Trinajstić information content (AvgIpc) is 2.72. The number of allylic oxidation sites excluding steroid dienone is 1. The van der Waals surface area contributed by atoms with Gasteiger partial charge in [0.1, 0.15) is 12.4 Å². The minimum atomic E-state index is -1.21. The van der Waals surface area contributed by atoms with Gasteiger partial charge in [0.05, 0.1) is 17.6 Å². The maximum Gasteiger partial charge on any atom is 0.119 e. The summed E-state index contributed by atoms with van der Waals surface area (Å²) in [5.41, 5.74) is 3.22. The van der Waals surface area contributed by atoms with E-state index in [0.717, 1.165) is 16.7 Å². The smallest absolute Gasteiger partial charge is 0.119 e. The van der Waals surface area contributed by atoms with Crippen molar-refractivity contribution in [2.75, 3.05) is 0 Å². The first-order valence-electron chi connectivity index (χ1n) is 8.36. The van der Waals surface area contributed by atoms with Gasteiger partial charge < -0.3 is 14.6 Å². The number of nitrogens with zero attached hydrogens (tertiary/aromatic N) is 1. The van der Waals surface area contributed by atoms with Crippen LogP contribution in [0.1, 0.15) is 27.0 Å². The Morgan fingerprint density at radius 2 is 1.67 bits per heavy atom. The number of benzene rings is 3. The number of carbonyl (C=O) groups is 1. The summed E-state index contributed by atoms with van der Waals surface area (Å²) in [7, 11) is 0. The molecule has 0 saturated carbocycles. The molecule has 0 aliphatic rings. The minimum absolute atomic E-state index is 0.126. The Kier molecular flexibility index (Phi) is 5.66. The highest BCUT2D eigenvalue weighted by Gasteiger charge is 2.02. The van der Waals surface area contributed by atoms with E-state index in [1.54, 1.807) is 12.1 Å². The molecule has 0 fully saturated rings. The van der Waals surface area contributed by atoms with Crippen molar-refractivity contribution in [3.63, 3.8) is 0 Å². The maximum absolute atomic E-state index is 10.9. The molecular formula is C23H16NO3-. The molecule has 0 saturated heterocycles. The first-order valence-corrected chi connectivity index (χ1v) is 8.36. The van der Waals surface area contributed by atoms with Crippen LogP contribution in [0.25, 0.3) is 11.6 Å². The van der Waals surface area contributed by atoms with Crippen molar-refractivity contribution in [2.24, 2.45) is 0 Å². The maximum atomic E-state index is 10.9. The van der Waals surface area contributed by atoms with Gasteiger partial charge in [-0.25, -0.2) is 0 Å². The summed E-state index contributed by atoms with van der Waals surface area (Å²) < 4.78 is 5.70. The monoisotopic (exact) mass is 354 g/mol. The topological polar surface area (TPSA) is 73.1 Å². The van der Waals surface area contributed by atoms with E-state index in [1.165, 1.54) is 12.1 Å². The van der Waals surface area contributed by atoms with Gasteiger partial charge in [0, 0.05) is 0 Å². The second kappa shape index (κ2) is 8.50. The average molecular weight is 354 g/mol.